The Labute approximate surface area is 190 Å². The summed E-state index contributed by atoms with van der Waals surface area (Å²) in [7, 11) is 3.05. The number of carbonyl (C=O) groups excluding carboxylic acids is 3. The Morgan fingerprint density at radius 3 is 2.67 bits per heavy atom. The van der Waals surface area contributed by atoms with E-state index in [0.29, 0.717) is 35.4 Å². The van der Waals surface area contributed by atoms with E-state index in [1.807, 2.05) is 0 Å². The molecule has 1 N–H and O–H groups in total. The summed E-state index contributed by atoms with van der Waals surface area (Å²) in [6.45, 7) is 0.217. The van der Waals surface area contributed by atoms with E-state index in [0.717, 1.165) is 0 Å². The maximum atomic E-state index is 13.3. The number of nitrogens with one attached hydrogen (secondary N) is 1. The van der Waals surface area contributed by atoms with Crippen LogP contribution in [0.5, 0.6) is 5.75 Å². The predicted molar refractivity (Wildman–Crippen MR) is 117 cm³/mol. The molecule has 0 aliphatic carbocycles. The molecule has 0 unspecified atom stereocenters. The molecule has 0 bridgehead atoms. The molecule has 9 heteroatoms. The summed E-state index contributed by atoms with van der Waals surface area (Å²) in [4.78, 5) is 39.0. The Morgan fingerprint density at radius 1 is 1.18 bits per heavy atom. The average molecular weight is 456 g/mol. The highest BCUT2D eigenvalue weighted by Gasteiger charge is 2.39. The summed E-state index contributed by atoms with van der Waals surface area (Å²) in [5, 5.41) is 2.73. The highest BCUT2D eigenvalue weighted by Crippen LogP contribution is 2.32. The lowest BCUT2D eigenvalue weighted by atomic mass is 9.94. The average Bonchev–Trinajstić information content (AvgIpc) is 2.82. The summed E-state index contributed by atoms with van der Waals surface area (Å²) in [6.07, 6.45) is 0.774. The summed E-state index contributed by atoms with van der Waals surface area (Å²) >= 11 is 0. The van der Waals surface area contributed by atoms with Gasteiger partial charge in [-0.2, -0.15) is 0 Å². The first-order chi connectivity index (χ1) is 15.9. The van der Waals surface area contributed by atoms with Crippen molar-refractivity contribution in [3.05, 3.63) is 59.4 Å². The van der Waals surface area contributed by atoms with E-state index in [-0.39, 0.29) is 43.2 Å². The molecule has 0 spiro atoms. The first kappa shape index (κ1) is 22.7. The standard InChI is InChI=1S/C24H25FN2O6/c1-27-19-9-8-17(12-22(28)31-2)33-21(19)13-32-20-10-7-16(11-18(20)24(27)30)26-23(29)14-3-5-15(25)6-4-14/h3-7,10-11,17,19,21H,8-9,12-13H2,1-2H3,(H,26,29)/t17-,19+,21-/m1/s1. The van der Waals surface area contributed by atoms with Gasteiger partial charge in [0.05, 0.1) is 31.2 Å². The number of hydrogen-bond acceptors (Lipinski definition) is 6. The van der Waals surface area contributed by atoms with Crippen molar-refractivity contribution in [2.45, 2.75) is 37.5 Å². The minimum Gasteiger partial charge on any atom is -0.490 e. The molecule has 0 saturated carbocycles. The zero-order valence-electron chi connectivity index (χ0n) is 18.4. The first-order valence-corrected chi connectivity index (χ1v) is 10.7. The van der Waals surface area contributed by atoms with E-state index in [1.165, 1.54) is 31.4 Å². The molecule has 0 aromatic heterocycles. The topological polar surface area (TPSA) is 94.2 Å². The number of rotatable bonds is 4. The van der Waals surface area contributed by atoms with Crippen LogP contribution in [0.4, 0.5) is 10.1 Å². The van der Waals surface area contributed by atoms with Gasteiger partial charge in [-0.3, -0.25) is 14.4 Å². The number of fused-ring (bicyclic) bond motifs is 2. The second-order valence-electron chi connectivity index (χ2n) is 8.12. The molecule has 3 atom stereocenters. The van der Waals surface area contributed by atoms with Gasteiger partial charge < -0.3 is 24.4 Å². The molecule has 2 aromatic carbocycles. The lowest BCUT2D eigenvalue weighted by molar-refractivity contribution is -0.151. The lowest BCUT2D eigenvalue weighted by Gasteiger charge is -2.42. The van der Waals surface area contributed by atoms with Crippen molar-refractivity contribution in [1.29, 1.82) is 0 Å². The van der Waals surface area contributed by atoms with Gasteiger partial charge in [-0.25, -0.2) is 4.39 Å². The molecule has 2 aromatic rings. The third kappa shape index (κ3) is 4.98. The number of esters is 1. The van der Waals surface area contributed by atoms with E-state index in [1.54, 1.807) is 30.1 Å². The number of amides is 2. The van der Waals surface area contributed by atoms with Crippen LogP contribution in [0, 0.1) is 5.82 Å². The first-order valence-electron chi connectivity index (χ1n) is 10.7. The number of carbonyl (C=O) groups is 3. The van der Waals surface area contributed by atoms with Crippen LogP contribution >= 0.6 is 0 Å². The number of halogens is 1. The van der Waals surface area contributed by atoms with E-state index in [4.69, 9.17) is 14.2 Å². The molecule has 1 fully saturated rings. The van der Waals surface area contributed by atoms with E-state index in [9.17, 15) is 18.8 Å². The van der Waals surface area contributed by atoms with Gasteiger partial charge in [0.15, 0.2) is 0 Å². The number of benzene rings is 2. The van der Waals surface area contributed by atoms with Crippen LogP contribution in [0.2, 0.25) is 0 Å². The Kier molecular flexibility index (Phi) is 6.60. The van der Waals surface area contributed by atoms with Crippen molar-refractivity contribution in [3.63, 3.8) is 0 Å². The lowest BCUT2D eigenvalue weighted by Crippen LogP contribution is -2.53. The van der Waals surface area contributed by atoms with Crippen LogP contribution in [0.25, 0.3) is 0 Å². The van der Waals surface area contributed by atoms with Crippen LogP contribution in [-0.2, 0) is 14.3 Å². The van der Waals surface area contributed by atoms with E-state index >= 15 is 0 Å². The van der Waals surface area contributed by atoms with Crippen molar-refractivity contribution in [2.75, 3.05) is 26.1 Å². The molecule has 2 aliphatic heterocycles. The Bertz CT molecular complexity index is 1060. The third-order valence-corrected chi connectivity index (χ3v) is 6.00. The van der Waals surface area contributed by atoms with Crippen molar-refractivity contribution in [3.8, 4) is 5.75 Å². The maximum Gasteiger partial charge on any atom is 0.308 e. The van der Waals surface area contributed by atoms with E-state index < -0.39 is 11.7 Å². The fourth-order valence-electron chi connectivity index (χ4n) is 4.18. The minimum atomic E-state index is -0.431. The number of anilines is 1. The number of likely N-dealkylation sites (N-methyl/N-ethyl adjacent to an activating group) is 1. The molecule has 8 nitrogen and oxygen atoms in total. The highest BCUT2D eigenvalue weighted by atomic mass is 19.1. The summed E-state index contributed by atoms with van der Waals surface area (Å²) in [5.74, 6) is -1.06. The van der Waals surface area contributed by atoms with Gasteiger partial charge in [0, 0.05) is 18.3 Å². The van der Waals surface area contributed by atoms with Gasteiger partial charge in [0.2, 0.25) is 0 Å². The Hall–Kier alpha value is -3.46. The molecular formula is C24H25FN2O6. The quantitative estimate of drug-likeness (QED) is 0.711. The second kappa shape index (κ2) is 9.58. The van der Waals surface area contributed by atoms with Gasteiger partial charge >= 0.3 is 5.97 Å². The zero-order valence-corrected chi connectivity index (χ0v) is 18.4. The zero-order chi connectivity index (χ0) is 23.5. The van der Waals surface area contributed by atoms with Crippen molar-refractivity contribution in [1.82, 2.24) is 4.90 Å². The Morgan fingerprint density at radius 2 is 1.94 bits per heavy atom. The number of methoxy groups -OCH3 is 1. The molecule has 0 radical (unpaired) electrons. The number of hydrogen-bond donors (Lipinski definition) is 1. The van der Waals surface area contributed by atoms with E-state index in [2.05, 4.69) is 5.32 Å². The van der Waals surface area contributed by atoms with Crippen LogP contribution < -0.4 is 10.1 Å². The van der Waals surface area contributed by atoms with Crippen LogP contribution in [-0.4, -0.2) is 61.7 Å². The fraction of sp³-hybridized carbons (Fsp3) is 0.375. The predicted octanol–water partition coefficient (Wildman–Crippen LogP) is 3.02. The molecule has 2 aliphatic rings. The molecule has 174 valence electrons. The molecular weight excluding hydrogens is 431 g/mol. The largest absolute Gasteiger partial charge is 0.490 e. The van der Waals surface area contributed by atoms with Crippen molar-refractivity contribution in [2.24, 2.45) is 0 Å². The van der Waals surface area contributed by atoms with Crippen molar-refractivity contribution < 1.29 is 33.0 Å². The van der Waals surface area contributed by atoms with Crippen LogP contribution in [0.3, 0.4) is 0 Å². The molecule has 4 rings (SSSR count). The van der Waals surface area contributed by atoms with Gasteiger partial charge in [0.25, 0.3) is 11.8 Å². The second-order valence-corrected chi connectivity index (χ2v) is 8.12. The summed E-state index contributed by atoms with van der Waals surface area (Å²) in [5.41, 5.74) is 1.04. The molecule has 1 saturated heterocycles. The number of ether oxygens (including phenoxy) is 3. The maximum absolute atomic E-state index is 13.3. The van der Waals surface area contributed by atoms with Gasteiger partial charge in [-0.1, -0.05) is 0 Å². The highest BCUT2D eigenvalue weighted by molar-refractivity contribution is 6.05. The number of nitrogens with zero attached hydrogens (tertiary/aromatic N) is 1. The SMILES string of the molecule is COC(=O)C[C@H]1CC[C@H]2[C@@H](COc3ccc(NC(=O)c4ccc(F)cc4)cc3C(=O)N2C)O1. The Balaban J connectivity index is 1.51. The minimum absolute atomic E-state index is 0.158. The normalized spacial score (nSPS) is 22.2. The van der Waals surface area contributed by atoms with Crippen LogP contribution in [0.15, 0.2) is 42.5 Å². The summed E-state index contributed by atoms with van der Waals surface area (Å²) in [6, 6.07) is 9.80. The molecule has 2 amide bonds. The smallest absolute Gasteiger partial charge is 0.308 e. The van der Waals surface area contributed by atoms with Gasteiger partial charge in [0.1, 0.15) is 24.3 Å². The monoisotopic (exact) mass is 456 g/mol. The van der Waals surface area contributed by atoms with Gasteiger partial charge in [-0.15, -0.1) is 0 Å². The summed E-state index contributed by atoms with van der Waals surface area (Å²) < 4.78 is 29.8. The molecule has 33 heavy (non-hydrogen) atoms. The fourth-order valence-corrected chi connectivity index (χ4v) is 4.18. The third-order valence-electron chi connectivity index (χ3n) is 6.00. The molecule has 2 heterocycles. The van der Waals surface area contributed by atoms with Gasteiger partial charge in [-0.05, 0) is 55.3 Å². The van der Waals surface area contributed by atoms with Crippen LogP contribution in [0.1, 0.15) is 40.0 Å². The van der Waals surface area contributed by atoms with Crippen molar-refractivity contribution >= 4 is 23.5 Å².